The molecule has 0 fully saturated rings. The highest BCUT2D eigenvalue weighted by Gasteiger charge is 2.23. The topological polar surface area (TPSA) is 68.8 Å². The van der Waals surface area contributed by atoms with Crippen LogP contribution in [-0.2, 0) is 13.0 Å². The SMILES string of the molecule is CCCn1ncc(Br)c1C(NN)c1ncccc1CC. The Morgan fingerprint density at radius 2 is 2.25 bits per heavy atom. The molecule has 0 saturated heterocycles. The van der Waals surface area contributed by atoms with Crippen molar-refractivity contribution in [1.29, 1.82) is 0 Å². The predicted molar refractivity (Wildman–Crippen MR) is 83.0 cm³/mol. The molecule has 2 aromatic rings. The number of hydrogen-bond acceptors (Lipinski definition) is 4. The number of nitrogens with two attached hydrogens (primary N) is 1. The molecule has 2 rings (SSSR count). The number of nitrogens with one attached hydrogen (secondary N) is 1. The van der Waals surface area contributed by atoms with Crippen LogP contribution in [0.3, 0.4) is 0 Å². The largest absolute Gasteiger partial charge is 0.270 e. The number of halogens is 1. The first-order valence-corrected chi connectivity index (χ1v) is 7.63. The highest BCUT2D eigenvalue weighted by atomic mass is 79.9. The van der Waals surface area contributed by atoms with Gasteiger partial charge in [-0.2, -0.15) is 5.10 Å². The van der Waals surface area contributed by atoms with Crippen molar-refractivity contribution in [3.63, 3.8) is 0 Å². The first kappa shape index (κ1) is 15.2. The third-order valence-electron chi connectivity index (χ3n) is 3.29. The number of pyridine rings is 1. The number of rotatable bonds is 6. The molecule has 0 aliphatic rings. The summed E-state index contributed by atoms with van der Waals surface area (Å²) in [6, 6.07) is 3.87. The van der Waals surface area contributed by atoms with Crippen LogP contribution in [0.2, 0.25) is 0 Å². The zero-order valence-electron chi connectivity index (χ0n) is 11.8. The Bertz CT molecular complexity index is 566. The van der Waals surface area contributed by atoms with Crippen LogP contribution in [0.1, 0.15) is 43.3 Å². The number of aryl methyl sites for hydroxylation is 2. The van der Waals surface area contributed by atoms with E-state index in [-0.39, 0.29) is 6.04 Å². The Morgan fingerprint density at radius 3 is 2.90 bits per heavy atom. The smallest absolute Gasteiger partial charge is 0.106 e. The number of hydrogen-bond donors (Lipinski definition) is 2. The van der Waals surface area contributed by atoms with Gasteiger partial charge >= 0.3 is 0 Å². The van der Waals surface area contributed by atoms with E-state index in [1.54, 1.807) is 6.20 Å². The van der Waals surface area contributed by atoms with Crippen LogP contribution in [-0.4, -0.2) is 14.8 Å². The molecule has 1 atom stereocenters. The molecule has 2 aromatic heterocycles. The third-order valence-corrected chi connectivity index (χ3v) is 3.90. The minimum absolute atomic E-state index is 0.172. The number of nitrogens with zero attached hydrogens (tertiary/aromatic N) is 3. The summed E-state index contributed by atoms with van der Waals surface area (Å²) in [4.78, 5) is 4.51. The van der Waals surface area contributed by atoms with E-state index >= 15 is 0 Å². The maximum Gasteiger partial charge on any atom is 0.106 e. The normalized spacial score (nSPS) is 12.6. The molecule has 108 valence electrons. The van der Waals surface area contributed by atoms with Gasteiger partial charge < -0.3 is 0 Å². The molecule has 0 aromatic carbocycles. The monoisotopic (exact) mass is 337 g/mol. The van der Waals surface area contributed by atoms with Crippen LogP contribution in [0.4, 0.5) is 0 Å². The second-order valence-electron chi connectivity index (χ2n) is 4.60. The molecule has 0 radical (unpaired) electrons. The summed E-state index contributed by atoms with van der Waals surface area (Å²) in [6.07, 6.45) is 5.54. The van der Waals surface area contributed by atoms with Crippen molar-refractivity contribution in [3.8, 4) is 0 Å². The molecular formula is C14H20BrN5. The molecule has 1 unspecified atom stereocenters. The lowest BCUT2D eigenvalue weighted by Crippen LogP contribution is -2.32. The standard InChI is InChI=1S/C14H20BrN5/c1-3-8-20-14(11(15)9-18-20)13(19-16)12-10(4-2)6-5-7-17-12/h5-7,9,13,19H,3-4,8,16H2,1-2H3. The lowest BCUT2D eigenvalue weighted by Gasteiger charge is -2.20. The van der Waals surface area contributed by atoms with E-state index in [0.29, 0.717) is 0 Å². The van der Waals surface area contributed by atoms with E-state index in [9.17, 15) is 0 Å². The van der Waals surface area contributed by atoms with Gasteiger partial charge in [-0.3, -0.25) is 15.5 Å². The van der Waals surface area contributed by atoms with Crippen molar-refractivity contribution in [1.82, 2.24) is 20.2 Å². The van der Waals surface area contributed by atoms with Gasteiger partial charge in [0.1, 0.15) is 6.04 Å². The van der Waals surface area contributed by atoms with Crippen molar-refractivity contribution in [2.45, 2.75) is 39.3 Å². The summed E-state index contributed by atoms with van der Waals surface area (Å²) in [5.41, 5.74) is 6.04. The van der Waals surface area contributed by atoms with E-state index < -0.39 is 0 Å². The third kappa shape index (κ3) is 2.92. The quantitative estimate of drug-likeness (QED) is 0.627. The number of hydrazine groups is 1. The average Bonchev–Trinajstić information content (AvgIpc) is 2.83. The average molecular weight is 338 g/mol. The van der Waals surface area contributed by atoms with Crippen LogP contribution < -0.4 is 11.3 Å². The molecule has 20 heavy (non-hydrogen) atoms. The summed E-state index contributed by atoms with van der Waals surface area (Å²) in [5, 5.41) is 4.40. The minimum atomic E-state index is -0.172. The number of aromatic nitrogens is 3. The lowest BCUT2D eigenvalue weighted by molar-refractivity contribution is 0.511. The van der Waals surface area contributed by atoms with Gasteiger partial charge in [-0.25, -0.2) is 5.43 Å². The molecule has 5 nitrogen and oxygen atoms in total. The zero-order chi connectivity index (χ0) is 14.5. The van der Waals surface area contributed by atoms with Gasteiger partial charge in [0.15, 0.2) is 0 Å². The van der Waals surface area contributed by atoms with Crippen molar-refractivity contribution < 1.29 is 0 Å². The van der Waals surface area contributed by atoms with E-state index in [4.69, 9.17) is 5.84 Å². The maximum absolute atomic E-state index is 5.80. The molecule has 6 heteroatoms. The van der Waals surface area contributed by atoms with Gasteiger partial charge in [0.2, 0.25) is 0 Å². The molecule has 2 heterocycles. The second kappa shape index (κ2) is 6.97. The Balaban J connectivity index is 2.49. The molecular weight excluding hydrogens is 318 g/mol. The first-order valence-electron chi connectivity index (χ1n) is 6.84. The van der Waals surface area contributed by atoms with Crippen molar-refractivity contribution in [2.75, 3.05) is 0 Å². The van der Waals surface area contributed by atoms with Crippen LogP contribution in [0.25, 0.3) is 0 Å². The van der Waals surface area contributed by atoms with Crippen molar-refractivity contribution in [3.05, 3.63) is 46.0 Å². The Hall–Kier alpha value is -1.24. The molecule has 0 saturated carbocycles. The highest BCUT2D eigenvalue weighted by Crippen LogP contribution is 2.29. The highest BCUT2D eigenvalue weighted by molar-refractivity contribution is 9.10. The van der Waals surface area contributed by atoms with Gasteiger partial charge in [-0.1, -0.05) is 19.9 Å². The summed E-state index contributed by atoms with van der Waals surface area (Å²) in [6.45, 7) is 5.10. The Morgan fingerprint density at radius 1 is 1.45 bits per heavy atom. The van der Waals surface area contributed by atoms with Crippen LogP contribution in [0.5, 0.6) is 0 Å². The first-order chi connectivity index (χ1) is 9.72. The summed E-state index contributed by atoms with van der Waals surface area (Å²) in [7, 11) is 0. The van der Waals surface area contributed by atoms with Gasteiger partial charge in [-0.05, 0) is 40.4 Å². The van der Waals surface area contributed by atoms with E-state index in [0.717, 1.165) is 35.2 Å². The minimum Gasteiger partial charge on any atom is -0.270 e. The van der Waals surface area contributed by atoms with Crippen molar-refractivity contribution >= 4 is 15.9 Å². The van der Waals surface area contributed by atoms with Gasteiger partial charge in [0.25, 0.3) is 0 Å². The van der Waals surface area contributed by atoms with E-state index in [1.165, 1.54) is 5.56 Å². The molecule has 0 aliphatic heterocycles. The molecule has 3 N–H and O–H groups in total. The Kier molecular flexibility index (Phi) is 5.28. The maximum atomic E-state index is 5.80. The van der Waals surface area contributed by atoms with Gasteiger partial charge in [0, 0.05) is 12.7 Å². The van der Waals surface area contributed by atoms with Crippen LogP contribution in [0.15, 0.2) is 29.0 Å². The summed E-state index contributed by atoms with van der Waals surface area (Å²) >= 11 is 3.57. The Labute approximate surface area is 127 Å². The lowest BCUT2D eigenvalue weighted by atomic mass is 10.0. The van der Waals surface area contributed by atoms with E-state index in [2.05, 4.69) is 51.4 Å². The molecule has 0 bridgehead atoms. The molecule has 0 aliphatic carbocycles. The summed E-state index contributed by atoms with van der Waals surface area (Å²) in [5.74, 6) is 5.80. The molecule has 0 amide bonds. The van der Waals surface area contributed by atoms with Crippen molar-refractivity contribution in [2.24, 2.45) is 5.84 Å². The second-order valence-corrected chi connectivity index (χ2v) is 5.46. The van der Waals surface area contributed by atoms with Crippen LogP contribution >= 0.6 is 15.9 Å². The fourth-order valence-corrected chi connectivity index (χ4v) is 2.87. The van der Waals surface area contributed by atoms with Crippen LogP contribution in [0, 0.1) is 0 Å². The van der Waals surface area contributed by atoms with E-state index in [1.807, 2.05) is 16.9 Å². The predicted octanol–water partition coefficient (Wildman–Crippen LogP) is 2.57. The summed E-state index contributed by atoms with van der Waals surface area (Å²) < 4.78 is 2.92. The fraction of sp³-hybridized carbons (Fsp3) is 0.429. The van der Waals surface area contributed by atoms with Gasteiger partial charge in [0.05, 0.1) is 22.1 Å². The fourth-order valence-electron chi connectivity index (χ4n) is 2.35. The van der Waals surface area contributed by atoms with Gasteiger partial charge in [-0.15, -0.1) is 0 Å². The molecule has 0 spiro atoms. The zero-order valence-corrected chi connectivity index (χ0v) is 13.4.